The Morgan fingerprint density at radius 3 is 2.79 bits per heavy atom. The lowest BCUT2D eigenvalue weighted by Gasteiger charge is -2.15. The number of nitrogens with one attached hydrogen (secondary N) is 1. The van der Waals surface area contributed by atoms with Gasteiger partial charge in [0, 0.05) is 12.6 Å². The molecule has 0 bridgehead atoms. The van der Waals surface area contributed by atoms with Crippen LogP contribution < -0.4 is 11.1 Å². The summed E-state index contributed by atoms with van der Waals surface area (Å²) in [5.74, 6) is 1.10. The zero-order valence-corrected chi connectivity index (χ0v) is 8.27. The summed E-state index contributed by atoms with van der Waals surface area (Å²) >= 11 is 0. The molecular formula is C9H16N4O. The van der Waals surface area contributed by atoms with E-state index in [2.05, 4.69) is 22.2 Å². The number of hydrogen-bond acceptors (Lipinski definition) is 5. The van der Waals surface area contributed by atoms with Crippen LogP contribution >= 0.6 is 0 Å². The minimum Gasteiger partial charge on any atom is -0.396 e. The Hall–Kier alpha value is -1.36. The van der Waals surface area contributed by atoms with Gasteiger partial charge >= 0.3 is 0 Å². The second kappa shape index (κ2) is 5.39. The van der Waals surface area contributed by atoms with Crippen molar-refractivity contribution in [3.63, 3.8) is 0 Å². The number of nitrogens with two attached hydrogens (primary N) is 1. The lowest BCUT2D eigenvalue weighted by Crippen LogP contribution is -2.20. The predicted molar refractivity (Wildman–Crippen MR) is 55.8 cm³/mol. The Kier molecular flexibility index (Phi) is 4.12. The van der Waals surface area contributed by atoms with Crippen LogP contribution in [0.3, 0.4) is 0 Å². The van der Waals surface area contributed by atoms with Gasteiger partial charge in [0.1, 0.15) is 11.6 Å². The summed E-state index contributed by atoms with van der Waals surface area (Å²) in [6.07, 6.45) is 4.75. The molecular weight excluding hydrogens is 180 g/mol. The van der Waals surface area contributed by atoms with Crippen molar-refractivity contribution in [2.24, 2.45) is 0 Å². The van der Waals surface area contributed by atoms with Gasteiger partial charge in [0.25, 0.3) is 0 Å². The van der Waals surface area contributed by atoms with E-state index >= 15 is 0 Å². The highest BCUT2D eigenvalue weighted by molar-refractivity contribution is 5.36. The second-order valence-electron chi connectivity index (χ2n) is 3.09. The molecule has 1 heterocycles. The van der Waals surface area contributed by atoms with E-state index < -0.39 is 0 Å². The monoisotopic (exact) mass is 196 g/mol. The number of aliphatic hydroxyl groups is 1. The fraction of sp³-hybridized carbons (Fsp3) is 0.556. The molecule has 0 aliphatic rings. The van der Waals surface area contributed by atoms with Crippen LogP contribution in [-0.4, -0.2) is 27.7 Å². The molecule has 0 spiro atoms. The predicted octanol–water partition coefficient (Wildman–Crippen LogP) is 0.632. The second-order valence-corrected chi connectivity index (χ2v) is 3.09. The van der Waals surface area contributed by atoms with Crippen molar-refractivity contribution in [3.8, 4) is 0 Å². The molecule has 0 aliphatic heterocycles. The van der Waals surface area contributed by atoms with Crippen LogP contribution in [0.25, 0.3) is 0 Å². The largest absolute Gasteiger partial charge is 0.396 e. The van der Waals surface area contributed by atoms with Gasteiger partial charge in [-0.25, -0.2) is 9.97 Å². The number of nitrogens with zero attached hydrogens (tertiary/aromatic N) is 2. The molecule has 0 saturated carbocycles. The third-order valence-corrected chi connectivity index (χ3v) is 1.99. The first-order chi connectivity index (χ1) is 6.76. The first-order valence-electron chi connectivity index (χ1n) is 4.71. The van der Waals surface area contributed by atoms with Gasteiger partial charge in [-0.1, -0.05) is 6.92 Å². The van der Waals surface area contributed by atoms with Crippen molar-refractivity contribution in [1.29, 1.82) is 0 Å². The number of hydrogen-bond donors (Lipinski definition) is 3. The van der Waals surface area contributed by atoms with Crippen LogP contribution in [0.2, 0.25) is 0 Å². The summed E-state index contributed by atoms with van der Waals surface area (Å²) in [6.45, 7) is 2.23. The molecule has 4 N–H and O–H groups in total. The summed E-state index contributed by atoms with van der Waals surface area (Å²) in [4.78, 5) is 7.98. The Morgan fingerprint density at radius 2 is 2.29 bits per heavy atom. The van der Waals surface area contributed by atoms with Gasteiger partial charge in [0.2, 0.25) is 0 Å². The molecule has 0 amide bonds. The lowest BCUT2D eigenvalue weighted by molar-refractivity contribution is 0.278. The highest BCUT2D eigenvalue weighted by atomic mass is 16.3. The first-order valence-corrected chi connectivity index (χ1v) is 4.71. The van der Waals surface area contributed by atoms with Gasteiger partial charge in [-0.15, -0.1) is 0 Å². The van der Waals surface area contributed by atoms with Crippen molar-refractivity contribution in [2.45, 2.75) is 25.8 Å². The fourth-order valence-electron chi connectivity index (χ4n) is 1.16. The molecule has 14 heavy (non-hydrogen) atoms. The molecule has 0 aromatic carbocycles. The van der Waals surface area contributed by atoms with E-state index in [-0.39, 0.29) is 12.6 Å². The van der Waals surface area contributed by atoms with E-state index in [1.165, 1.54) is 6.20 Å². The molecule has 5 nitrogen and oxygen atoms in total. The first kappa shape index (κ1) is 10.7. The molecule has 0 aliphatic carbocycles. The molecule has 1 unspecified atom stereocenters. The van der Waals surface area contributed by atoms with Crippen molar-refractivity contribution in [3.05, 3.63) is 12.4 Å². The molecule has 0 saturated heterocycles. The molecule has 1 atom stereocenters. The maximum atomic E-state index is 8.79. The normalized spacial score (nSPS) is 12.4. The van der Waals surface area contributed by atoms with Gasteiger partial charge in [-0.05, 0) is 12.8 Å². The van der Waals surface area contributed by atoms with Crippen LogP contribution in [0.5, 0.6) is 0 Å². The quantitative estimate of drug-likeness (QED) is 0.643. The minimum atomic E-state index is 0.175. The SMILES string of the molecule is CCC(CCO)Nc1cnc(N)cn1. The number of rotatable bonds is 5. The zero-order chi connectivity index (χ0) is 10.4. The highest BCUT2D eigenvalue weighted by Crippen LogP contribution is 2.07. The average molecular weight is 196 g/mol. The van der Waals surface area contributed by atoms with Gasteiger partial charge in [0.05, 0.1) is 12.4 Å². The molecule has 0 radical (unpaired) electrons. The number of nitrogen functional groups attached to an aromatic ring is 1. The Bertz CT molecular complexity index is 262. The maximum absolute atomic E-state index is 8.79. The lowest BCUT2D eigenvalue weighted by atomic mass is 10.1. The molecule has 1 rings (SSSR count). The average Bonchev–Trinajstić information content (AvgIpc) is 2.20. The van der Waals surface area contributed by atoms with E-state index in [4.69, 9.17) is 10.8 Å². The molecule has 5 heteroatoms. The topological polar surface area (TPSA) is 84.1 Å². The molecule has 1 aromatic heterocycles. The third-order valence-electron chi connectivity index (χ3n) is 1.99. The summed E-state index contributed by atoms with van der Waals surface area (Å²) in [5.41, 5.74) is 5.41. The summed E-state index contributed by atoms with van der Waals surface area (Å²) in [6, 6.07) is 0.234. The fourth-order valence-corrected chi connectivity index (χ4v) is 1.16. The van der Waals surface area contributed by atoms with E-state index in [0.717, 1.165) is 6.42 Å². The van der Waals surface area contributed by atoms with E-state index in [1.54, 1.807) is 6.20 Å². The van der Waals surface area contributed by atoms with Crippen LogP contribution in [0.15, 0.2) is 12.4 Å². The maximum Gasteiger partial charge on any atom is 0.144 e. The van der Waals surface area contributed by atoms with Crippen molar-refractivity contribution in [1.82, 2.24) is 9.97 Å². The van der Waals surface area contributed by atoms with Crippen molar-refractivity contribution in [2.75, 3.05) is 17.7 Å². The van der Waals surface area contributed by atoms with Crippen molar-refractivity contribution < 1.29 is 5.11 Å². The Morgan fingerprint density at radius 1 is 1.50 bits per heavy atom. The molecule has 0 fully saturated rings. The van der Waals surface area contributed by atoms with E-state index in [0.29, 0.717) is 18.1 Å². The zero-order valence-electron chi connectivity index (χ0n) is 8.27. The van der Waals surface area contributed by atoms with Gasteiger partial charge in [-0.3, -0.25) is 0 Å². The standard InChI is InChI=1S/C9H16N4O/c1-2-7(3-4-14)13-9-6-11-8(10)5-12-9/h5-7,14H,2-4H2,1H3,(H2,10,11)(H,12,13). The van der Waals surface area contributed by atoms with Crippen LogP contribution in [0, 0.1) is 0 Å². The van der Waals surface area contributed by atoms with Crippen LogP contribution in [-0.2, 0) is 0 Å². The summed E-state index contributed by atoms with van der Waals surface area (Å²) in [7, 11) is 0. The van der Waals surface area contributed by atoms with E-state index in [1.807, 2.05) is 0 Å². The summed E-state index contributed by atoms with van der Waals surface area (Å²) in [5, 5.41) is 12.0. The molecule has 78 valence electrons. The van der Waals surface area contributed by atoms with Crippen LogP contribution in [0.1, 0.15) is 19.8 Å². The van der Waals surface area contributed by atoms with E-state index in [9.17, 15) is 0 Å². The highest BCUT2D eigenvalue weighted by Gasteiger charge is 2.05. The Labute approximate surface area is 83.4 Å². The number of aromatic nitrogens is 2. The third kappa shape index (κ3) is 3.18. The van der Waals surface area contributed by atoms with Crippen LogP contribution in [0.4, 0.5) is 11.6 Å². The minimum absolute atomic E-state index is 0.175. The van der Waals surface area contributed by atoms with Gasteiger partial charge < -0.3 is 16.2 Å². The number of anilines is 2. The number of aliphatic hydroxyl groups excluding tert-OH is 1. The van der Waals surface area contributed by atoms with Gasteiger partial charge in [-0.2, -0.15) is 0 Å². The van der Waals surface area contributed by atoms with Gasteiger partial charge in [0.15, 0.2) is 0 Å². The smallest absolute Gasteiger partial charge is 0.144 e. The van der Waals surface area contributed by atoms with Crippen molar-refractivity contribution >= 4 is 11.6 Å². The summed E-state index contributed by atoms with van der Waals surface area (Å²) < 4.78 is 0. The Balaban J connectivity index is 2.53. The molecule has 1 aromatic rings.